The van der Waals surface area contributed by atoms with Gasteiger partial charge < -0.3 is 14.8 Å². The minimum absolute atomic E-state index is 0.0417. The quantitative estimate of drug-likeness (QED) is 0.319. The highest BCUT2D eigenvalue weighted by atomic mass is 32.2. The molecule has 1 aromatic carbocycles. The Kier molecular flexibility index (Phi) is 7.99. The van der Waals surface area contributed by atoms with Crippen LogP contribution in [0.1, 0.15) is 33.6 Å². The number of carbonyl (C=O) groups excluding carboxylic acids is 2. The number of hydrazine groups is 1. The van der Waals surface area contributed by atoms with E-state index in [2.05, 4.69) is 10.1 Å². The highest BCUT2D eigenvalue weighted by Crippen LogP contribution is 2.29. The van der Waals surface area contributed by atoms with E-state index in [1.807, 2.05) is 4.90 Å². The van der Waals surface area contributed by atoms with Crippen LogP contribution < -0.4 is 10.1 Å². The summed E-state index contributed by atoms with van der Waals surface area (Å²) in [7, 11) is -3.01. The molecule has 3 rings (SSSR count). The lowest BCUT2D eigenvalue weighted by Gasteiger charge is -2.29. The van der Waals surface area contributed by atoms with Crippen molar-refractivity contribution in [3.63, 3.8) is 0 Å². The number of nitrogens with zero attached hydrogens (tertiary/aromatic N) is 3. The molecule has 2 fully saturated rings. The Bertz CT molecular complexity index is 1070. The van der Waals surface area contributed by atoms with E-state index in [0.29, 0.717) is 12.8 Å². The number of fused-ring (bicyclic) bond motifs is 1. The molecule has 0 spiro atoms. The van der Waals surface area contributed by atoms with Gasteiger partial charge in [0.15, 0.2) is 4.90 Å². The minimum Gasteiger partial charge on any atom is -0.468 e. The monoisotopic (exact) mass is 513 g/mol. The van der Waals surface area contributed by atoms with Crippen molar-refractivity contribution in [3.8, 4) is 0 Å². The van der Waals surface area contributed by atoms with Crippen molar-refractivity contribution < 1.29 is 32.4 Å². The van der Waals surface area contributed by atoms with E-state index in [0.717, 1.165) is 12.1 Å². The number of methoxy groups -OCH3 is 1. The lowest BCUT2D eigenvalue weighted by atomic mass is 10.2. The lowest BCUT2D eigenvalue weighted by molar-refractivity contribution is -0.387. The van der Waals surface area contributed by atoms with Crippen LogP contribution in [0.25, 0.3) is 0 Å². The summed E-state index contributed by atoms with van der Waals surface area (Å²) in [6.45, 7) is 5.65. The van der Waals surface area contributed by atoms with Crippen LogP contribution in [0.2, 0.25) is 0 Å². The predicted octanol–water partition coefficient (Wildman–Crippen LogP) is 1.00. The maximum absolute atomic E-state index is 13.1. The van der Waals surface area contributed by atoms with E-state index in [1.54, 1.807) is 20.8 Å². The number of hydrogen-bond donors (Lipinski definition) is 2. The first-order valence-electron chi connectivity index (χ1n) is 11.1. The van der Waals surface area contributed by atoms with Gasteiger partial charge in [0.2, 0.25) is 0 Å². The summed E-state index contributed by atoms with van der Waals surface area (Å²) >= 11 is 0. The predicted molar refractivity (Wildman–Crippen MR) is 124 cm³/mol. The molecule has 2 heterocycles. The molecule has 194 valence electrons. The Hall–Kier alpha value is -2.81. The summed E-state index contributed by atoms with van der Waals surface area (Å²) in [5.74, 6) is -0.405. The molecule has 2 N–H and O–H groups in total. The van der Waals surface area contributed by atoms with Gasteiger partial charge in [-0.25, -0.2) is 18.2 Å². The fraction of sp³-hybridized carbons (Fsp3) is 0.619. The number of nitrogens with one attached hydrogen (secondary N) is 2. The molecular weight excluding hydrogens is 482 g/mol. The van der Waals surface area contributed by atoms with E-state index in [1.165, 1.54) is 24.3 Å². The van der Waals surface area contributed by atoms with Gasteiger partial charge >= 0.3 is 12.1 Å². The number of amides is 1. The Labute approximate surface area is 203 Å². The summed E-state index contributed by atoms with van der Waals surface area (Å²) in [6, 6.07) is 3.70. The van der Waals surface area contributed by atoms with Gasteiger partial charge in [0.25, 0.3) is 15.7 Å². The molecule has 13 nitrogen and oxygen atoms in total. The molecule has 2 aliphatic heterocycles. The first kappa shape index (κ1) is 26.8. The Morgan fingerprint density at radius 3 is 2.46 bits per heavy atom. The van der Waals surface area contributed by atoms with E-state index in [-0.39, 0.29) is 25.7 Å². The second-order valence-electron chi connectivity index (χ2n) is 9.53. The van der Waals surface area contributed by atoms with Crippen molar-refractivity contribution in [2.24, 2.45) is 0 Å². The fourth-order valence-electron chi connectivity index (χ4n) is 4.40. The summed E-state index contributed by atoms with van der Waals surface area (Å²) in [5, 5.41) is 15.5. The van der Waals surface area contributed by atoms with Crippen LogP contribution >= 0.6 is 0 Å². The van der Waals surface area contributed by atoms with Crippen LogP contribution in [0, 0.1) is 10.1 Å². The van der Waals surface area contributed by atoms with Crippen molar-refractivity contribution in [1.82, 2.24) is 20.1 Å². The third-order valence-corrected chi connectivity index (χ3v) is 7.16. The average molecular weight is 514 g/mol. The molecule has 2 aliphatic rings. The largest absolute Gasteiger partial charge is 0.468 e. The number of nitro groups is 1. The first-order chi connectivity index (χ1) is 16.3. The van der Waals surface area contributed by atoms with Gasteiger partial charge in [-0.05, 0) is 39.7 Å². The van der Waals surface area contributed by atoms with Crippen molar-refractivity contribution >= 4 is 27.8 Å². The third kappa shape index (κ3) is 6.66. The van der Waals surface area contributed by atoms with Gasteiger partial charge in [0, 0.05) is 31.7 Å². The van der Waals surface area contributed by atoms with E-state index in [9.17, 15) is 28.1 Å². The zero-order valence-electron chi connectivity index (χ0n) is 20.1. The number of hydrogen-bond acceptors (Lipinski definition) is 10. The van der Waals surface area contributed by atoms with Crippen molar-refractivity contribution in [2.75, 3.05) is 26.7 Å². The normalized spacial score (nSPS) is 23.7. The number of sulfonamides is 1. The summed E-state index contributed by atoms with van der Waals surface area (Å²) < 4.78 is 36.5. The van der Waals surface area contributed by atoms with Gasteiger partial charge in [0.05, 0.1) is 18.1 Å². The number of para-hydroxylation sites is 1. The average Bonchev–Trinajstić information content (AvgIpc) is 3.05. The first-order valence-corrected chi connectivity index (χ1v) is 12.6. The van der Waals surface area contributed by atoms with Gasteiger partial charge in [-0.2, -0.15) is 0 Å². The summed E-state index contributed by atoms with van der Waals surface area (Å²) in [6.07, 6.45) is 0.431. The summed E-state index contributed by atoms with van der Waals surface area (Å²) in [4.78, 5) is 39.3. The van der Waals surface area contributed by atoms with Crippen molar-refractivity contribution in [1.29, 1.82) is 0 Å². The van der Waals surface area contributed by atoms with Gasteiger partial charge in [-0.1, -0.05) is 12.1 Å². The van der Waals surface area contributed by atoms with Gasteiger partial charge in [-0.15, -0.1) is 4.83 Å². The van der Waals surface area contributed by atoms with Crippen LogP contribution in [0.3, 0.4) is 0 Å². The molecule has 2 saturated heterocycles. The van der Waals surface area contributed by atoms with Crippen molar-refractivity contribution in [2.45, 2.75) is 62.2 Å². The topological polar surface area (TPSA) is 160 Å². The Balaban J connectivity index is 1.87. The number of carbonyl (C=O) groups is 2. The maximum Gasteiger partial charge on any atom is 0.407 e. The van der Waals surface area contributed by atoms with Crippen LogP contribution in [0.4, 0.5) is 10.5 Å². The number of nitro benzene ring substituents is 1. The molecule has 1 aromatic rings. The molecule has 3 atom stereocenters. The van der Waals surface area contributed by atoms with Crippen LogP contribution in [0.15, 0.2) is 29.2 Å². The second-order valence-corrected chi connectivity index (χ2v) is 11.2. The molecule has 0 bridgehead atoms. The molecule has 0 unspecified atom stereocenters. The van der Waals surface area contributed by atoms with E-state index >= 15 is 0 Å². The van der Waals surface area contributed by atoms with E-state index < -0.39 is 55.3 Å². The summed E-state index contributed by atoms with van der Waals surface area (Å²) in [5.41, 5.74) is -1.29. The number of esters is 1. The molecule has 14 heteroatoms. The maximum atomic E-state index is 13.1. The number of alkyl carbamates (subject to hydrolysis) is 1. The molecule has 1 amide bonds. The molecular formula is C21H31N5O8S. The Morgan fingerprint density at radius 1 is 1.14 bits per heavy atom. The fourth-order valence-corrected chi connectivity index (χ4v) is 5.66. The highest BCUT2D eigenvalue weighted by Gasteiger charge is 2.43. The Morgan fingerprint density at radius 2 is 1.83 bits per heavy atom. The number of ether oxygens (including phenoxy) is 2. The smallest absolute Gasteiger partial charge is 0.407 e. The second kappa shape index (κ2) is 10.4. The highest BCUT2D eigenvalue weighted by molar-refractivity contribution is 7.89. The van der Waals surface area contributed by atoms with Gasteiger partial charge in [-0.3, -0.25) is 19.8 Å². The van der Waals surface area contributed by atoms with Crippen LogP contribution in [0.5, 0.6) is 0 Å². The van der Waals surface area contributed by atoms with E-state index in [4.69, 9.17) is 9.47 Å². The minimum atomic E-state index is -4.32. The van der Waals surface area contributed by atoms with Crippen LogP contribution in [-0.4, -0.2) is 85.8 Å². The SMILES string of the molecule is COC(=O)[C@@H]1CC[C@@H]2CN(NS(=O)(=O)c3ccccc3[N+](=O)[O-])C[C@@H](NC(=O)OC(C)(C)C)CN21. The lowest BCUT2D eigenvalue weighted by Crippen LogP contribution is -2.52. The standard InChI is InChI=1S/C21H31N5O8S/c1-21(2,3)34-20(28)22-14-11-24(13-15-9-10-17(19(27)33-4)25(15)12-14)23-35(31,32)18-8-6-5-7-16(18)26(29)30/h5-8,14-15,17,23H,9-13H2,1-4H3,(H,22,28)/t14-,15-,17+/m1/s1. The zero-order valence-corrected chi connectivity index (χ0v) is 20.9. The molecule has 0 saturated carbocycles. The third-order valence-electron chi connectivity index (χ3n) is 5.74. The zero-order chi connectivity index (χ0) is 26.0. The van der Waals surface area contributed by atoms with Crippen LogP contribution in [-0.2, 0) is 24.3 Å². The molecule has 0 aliphatic carbocycles. The van der Waals surface area contributed by atoms with Gasteiger partial charge in [0.1, 0.15) is 11.6 Å². The molecule has 0 aromatic heterocycles. The van der Waals surface area contributed by atoms with Crippen molar-refractivity contribution in [3.05, 3.63) is 34.4 Å². The molecule has 35 heavy (non-hydrogen) atoms. The number of rotatable bonds is 6. The molecule has 0 radical (unpaired) electrons. The number of benzene rings is 1.